The van der Waals surface area contributed by atoms with Gasteiger partial charge in [-0.1, -0.05) is 0 Å². The van der Waals surface area contributed by atoms with Crippen LogP contribution < -0.4 is 4.90 Å². The van der Waals surface area contributed by atoms with Crippen LogP contribution in [0, 0.1) is 0 Å². The van der Waals surface area contributed by atoms with E-state index in [1.807, 2.05) is 11.8 Å². The van der Waals surface area contributed by atoms with E-state index in [0.29, 0.717) is 44.3 Å². The monoisotopic (exact) mass is 405 g/mol. The minimum absolute atomic E-state index is 0.0139. The van der Waals surface area contributed by atoms with Gasteiger partial charge in [-0.2, -0.15) is 0 Å². The van der Waals surface area contributed by atoms with Gasteiger partial charge in [0.25, 0.3) is 5.91 Å². The Kier molecular flexibility index (Phi) is 5.13. The number of nitrogens with zero attached hydrogens (tertiary/aromatic N) is 5. The van der Waals surface area contributed by atoms with Gasteiger partial charge in [-0.25, -0.2) is 14.8 Å². The number of carbonyl (C=O) groups is 3. The van der Waals surface area contributed by atoms with Gasteiger partial charge in [0.15, 0.2) is 6.61 Å². The lowest BCUT2D eigenvalue weighted by Crippen LogP contribution is -2.51. The number of fused-ring (bicyclic) bond motifs is 1. The minimum Gasteiger partial charge on any atom is -0.454 e. The first-order valence-electron chi connectivity index (χ1n) is 9.40. The van der Waals surface area contributed by atoms with Crippen molar-refractivity contribution < 1.29 is 19.1 Å². The van der Waals surface area contributed by atoms with Crippen molar-refractivity contribution in [2.75, 3.05) is 43.4 Å². The fourth-order valence-electron chi connectivity index (χ4n) is 3.93. The molecular weight excluding hydrogens is 382 g/mol. The molecule has 9 nitrogen and oxygen atoms in total. The SMILES string of the molecule is C[C@]12CCC(=O)N1[C@H](C(=O)OCC(=O)N1CCN(c3ncccn3)CC1)CS2. The van der Waals surface area contributed by atoms with E-state index < -0.39 is 12.0 Å². The molecule has 150 valence electrons. The van der Waals surface area contributed by atoms with E-state index in [2.05, 4.69) is 9.97 Å². The molecule has 0 radical (unpaired) electrons. The lowest BCUT2D eigenvalue weighted by atomic mass is 10.2. The van der Waals surface area contributed by atoms with Gasteiger partial charge in [0.2, 0.25) is 11.9 Å². The highest BCUT2D eigenvalue weighted by molar-refractivity contribution is 8.01. The zero-order valence-electron chi connectivity index (χ0n) is 15.7. The standard InChI is InChI=1S/C18H23N5O4S/c1-18-4-3-14(24)23(18)13(12-28-18)16(26)27-11-15(25)21-7-9-22(10-8-21)17-19-5-2-6-20-17/h2,5-6,13H,3-4,7-12H2,1H3/t13-,18-/m0/s1. The fraction of sp³-hybridized carbons (Fsp3) is 0.611. The van der Waals surface area contributed by atoms with E-state index in [1.54, 1.807) is 40.0 Å². The van der Waals surface area contributed by atoms with E-state index in [9.17, 15) is 14.4 Å². The van der Waals surface area contributed by atoms with E-state index in [1.165, 1.54) is 0 Å². The van der Waals surface area contributed by atoms with E-state index in [0.717, 1.165) is 6.42 Å². The van der Waals surface area contributed by atoms with Crippen LogP contribution in [0.15, 0.2) is 18.5 Å². The van der Waals surface area contributed by atoms with Crippen molar-refractivity contribution in [3.8, 4) is 0 Å². The van der Waals surface area contributed by atoms with Crippen LogP contribution in [-0.4, -0.2) is 87.0 Å². The lowest BCUT2D eigenvalue weighted by Gasteiger charge is -2.34. The molecule has 0 saturated carbocycles. The van der Waals surface area contributed by atoms with Crippen molar-refractivity contribution in [3.05, 3.63) is 18.5 Å². The van der Waals surface area contributed by atoms with E-state index in [-0.39, 0.29) is 23.3 Å². The number of aromatic nitrogens is 2. The van der Waals surface area contributed by atoms with Gasteiger partial charge in [0.1, 0.15) is 6.04 Å². The molecule has 3 aliphatic rings. The number of anilines is 1. The Morgan fingerprint density at radius 3 is 2.68 bits per heavy atom. The summed E-state index contributed by atoms with van der Waals surface area (Å²) in [6.45, 7) is 4.00. The molecule has 3 aliphatic heterocycles. The Labute approximate surface area is 167 Å². The van der Waals surface area contributed by atoms with Crippen LogP contribution in [0.25, 0.3) is 0 Å². The van der Waals surface area contributed by atoms with Crippen LogP contribution in [0.3, 0.4) is 0 Å². The average molecular weight is 405 g/mol. The summed E-state index contributed by atoms with van der Waals surface area (Å²) >= 11 is 1.61. The van der Waals surface area contributed by atoms with Crippen molar-refractivity contribution in [1.29, 1.82) is 0 Å². The number of amides is 2. The third-order valence-electron chi connectivity index (χ3n) is 5.52. The zero-order chi connectivity index (χ0) is 19.7. The molecular formula is C18H23N5O4S. The van der Waals surface area contributed by atoms with Gasteiger partial charge < -0.3 is 19.4 Å². The van der Waals surface area contributed by atoms with Gasteiger partial charge in [0, 0.05) is 50.7 Å². The van der Waals surface area contributed by atoms with Crippen LogP contribution in [0.5, 0.6) is 0 Å². The number of thioether (sulfide) groups is 1. The minimum atomic E-state index is -0.593. The first-order valence-corrected chi connectivity index (χ1v) is 10.4. The number of piperazine rings is 1. The second-order valence-electron chi connectivity index (χ2n) is 7.29. The fourth-order valence-corrected chi connectivity index (χ4v) is 5.34. The maximum absolute atomic E-state index is 12.5. The molecule has 2 atom stereocenters. The zero-order valence-corrected chi connectivity index (χ0v) is 16.6. The molecule has 0 N–H and O–H groups in total. The maximum Gasteiger partial charge on any atom is 0.330 e. The summed E-state index contributed by atoms with van der Waals surface area (Å²) in [4.78, 5) is 50.5. The van der Waals surface area contributed by atoms with Crippen LogP contribution in [0.2, 0.25) is 0 Å². The number of hydrogen-bond acceptors (Lipinski definition) is 8. The molecule has 4 rings (SSSR count). The van der Waals surface area contributed by atoms with Crippen LogP contribution >= 0.6 is 11.8 Å². The van der Waals surface area contributed by atoms with Gasteiger partial charge in [-0.05, 0) is 19.4 Å². The van der Waals surface area contributed by atoms with Crippen molar-refractivity contribution in [1.82, 2.24) is 19.8 Å². The predicted molar refractivity (Wildman–Crippen MR) is 103 cm³/mol. The number of hydrogen-bond donors (Lipinski definition) is 0. The van der Waals surface area contributed by atoms with Gasteiger partial charge in [-0.3, -0.25) is 9.59 Å². The van der Waals surface area contributed by atoms with Crippen LogP contribution in [-0.2, 0) is 19.1 Å². The summed E-state index contributed by atoms with van der Waals surface area (Å²) in [5.74, 6) is 0.447. The summed E-state index contributed by atoms with van der Waals surface area (Å²) in [5.41, 5.74) is 0. The van der Waals surface area contributed by atoms with E-state index >= 15 is 0 Å². The summed E-state index contributed by atoms with van der Waals surface area (Å²) in [6, 6.07) is 1.17. The van der Waals surface area contributed by atoms with Crippen molar-refractivity contribution in [2.45, 2.75) is 30.7 Å². The Morgan fingerprint density at radius 1 is 1.25 bits per heavy atom. The maximum atomic E-state index is 12.5. The molecule has 1 aromatic rings. The quantitative estimate of drug-likeness (QED) is 0.652. The Morgan fingerprint density at radius 2 is 1.96 bits per heavy atom. The van der Waals surface area contributed by atoms with Crippen molar-refractivity contribution in [3.63, 3.8) is 0 Å². The molecule has 2 amide bonds. The Bertz CT molecular complexity index is 770. The first kappa shape index (κ1) is 19.0. The Balaban J connectivity index is 1.26. The molecule has 3 fully saturated rings. The highest BCUT2D eigenvalue weighted by atomic mass is 32.2. The lowest BCUT2D eigenvalue weighted by molar-refractivity contribution is -0.158. The molecule has 28 heavy (non-hydrogen) atoms. The van der Waals surface area contributed by atoms with Crippen LogP contribution in [0.4, 0.5) is 5.95 Å². The molecule has 0 aromatic carbocycles. The average Bonchev–Trinajstić information content (AvgIpc) is 3.22. The molecule has 10 heteroatoms. The van der Waals surface area contributed by atoms with Crippen molar-refractivity contribution >= 4 is 35.5 Å². The predicted octanol–water partition coefficient (Wildman–Crippen LogP) is 0.122. The molecule has 0 aliphatic carbocycles. The number of carbonyl (C=O) groups excluding carboxylic acids is 3. The summed E-state index contributed by atoms with van der Waals surface area (Å²) in [6.07, 6.45) is 4.59. The molecule has 0 bridgehead atoms. The third-order valence-corrected chi connectivity index (χ3v) is 7.03. The normalized spacial score (nSPS) is 27.1. The summed E-state index contributed by atoms with van der Waals surface area (Å²) in [5, 5.41) is 0. The number of esters is 1. The second-order valence-corrected chi connectivity index (χ2v) is 8.79. The topological polar surface area (TPSA) is 95.9 Å². The molecule has 4 heterocycles. The number of ether oxygens (including phenoxy) is 1. The van der Waals surface area contributed by atoms with Crippen LogP contribution in [0.1, 0.15) is 19.8 Å². The molecule has 1 aromatic heterocycles. The Hall–Kier alpha value is -2.36. The highest BCUT2D eigenvalue weighted by Crippen LogP contribution is 2.47. The number of rotatable bonds is 4. The van der Waals surface area contributed by atoms with Crippen molar-refractivity contribution in [2.24, 2.45) is 0 Å². The third kappa shape index (κ3) is 3.52. The van der Waals surface area contributed by atoms with Gasteiger partial charge >= 0.3 is 5.97 Å². The largest absolute Gasteiger partial charge is 0.454 e. The van der Waals surface area contributed by atoms with E-state index in [4.69, 9.17) is 4.74 Å². The smallest absolute Gasteiger partial charge is 0.330 e. The highest BCUT2D eigenvalue weighted by Gasteiger charge is 2.53. The molecule has 3 saturated heterocycles. The first-order chi connectivity index (χ1) is 13.5. The summed E-state index contributed by atoms with van der Waals surface area (Å²) in [7, 11) is 0. The molecule has 0 unspecified atom stereocenters. The molecule has 0 spiro atoms. The van der Waals surface area contributed by atoms with Gasteiger partial charge in [0.05, 0.1) is 4.87 Å². The van der Waals surface area contributed by atoms with Gasteiger partial charge in [-0.15, -0.1) is 11.8 Å². The summed E-state index contributed by atoms with van der Waals surface area (Å²) < 4.78 is 5.28. The second kappa shape index (κ2) is 7.57.